The zero-order valence-electron chi connectivity index (χ0n) is 9.44. The van der Waals surface area contributed by atoms with E-state index >= 15 is 0 Å². The molecule has 1 atom stereocenters. The van der Waals surface area contributed by atoms with E-state index in [1.807, 2.05) is 0 Å². The monoisotopic (exact) mass is 248 g/mol. The SMILES string of the molecule is CC(=O)NC(C(=O)O)C(C)(C)SCC(N)=O. The molecule has 0 saturated carbocycles. The van der Waals surface area contributed by atoms with Crippen molar-refractivity contribution in [2.24, 2.45) is 5.73 Å². The molecule has 0 aromatic heterocycles. The number of carbonyl (C=O) groups excluding carboxylic acids is 2. The number of thioether (sulfide) groups is 1. The number of nitrogens with one attached hydrogen (secondary N) is 1. The summed E-state index contributed by atoms with van der Waals surface area (Å²) in [5.41, 5.74) is 4.98. The van der Waals surface area contributed by atoms with Crippen molar-refractivity contribution in [2.75, 3.05) is 5.75 Å². The Balaban J connectivity index is 4.67. The van der Waals surface area contributed by atoms with Gasteiger partial charge in [-0.1, -0.05) is 0 Å². The van der Waals surface area contributed by atoms with Crippen molar-refractivity contribution in [1.82, 2.24) is 5.32 Å². The first kappa shape index (κ1) is 14.8. The van der Waals surface area contributed by atoms with E-state index in [0.29, 0.717) is 0 Å². The fraction of sp³-hybridized carbons (Fsp3) is 0.667. The molecule has 6 nitrogen and oxygen atoms in total. The van der Waals surface area contributed by atoms with Gasteiger partial charge >= 0.3 is 5.97 Å². The van der Waals surface area contributed by atoms with Crippen molar-refractivity contribution in [2.45, 2.75) is 31.6 Å². The summed E-state index contributed by atoms with van der Waals surface area (Å²) in [5.74, 6) is -2.08. The van der Waals surface area contributed by atoms with Crippen LogP contribution in [0.2, 0.25) is 0 Å². The topological polar surface area (TPSA) is 109 Å². The number of nitrogens with two attached hydrogens (primary N) is 1. The molecule has 0 aliphatic heterocycles. The molecule has 0 heterocycles. The van der Waals surface area contributed by atoms with Crippen LogP contribution in [-0.4, -0.2) is 39.4 Å². The van der Waals surface area contributed by atoms with Gasteiger partial charge in [-0.15, -0.1) is 11.8 Å². The highest BCUT2D eigenvalue weighted by molar-refractivity contribution is 8.01. The molecule has 1 unspecified atom stereocenters. The van der Waals surface area contributed by atoms with Gasteiger partial charge in [0.05, 0.1) is 5.75 Å². The van der Waals surface area contributed by atoms with Crippen molar-refractivity contribution >= 4 is 29.5 Å². The van der Waals surface area contributed by atoms with Crippen molar-refractivity contribution in [3.63, 3.8) is 0 Å². The third-order valence-corrected chi connectivity index (χ3v) is 3.28. The Morgan fingerprint density at radius 3 is 2.25 bits per heavy atom. The quantitative estimate of drug-likeness (QED) is 0.591. The number of carboxylic acids is 1. The summed E-state index contributed by atoms with van der Waals surface area (Å²) in [6.45, 7) is 4.51. The number of hydrogen-bond donors (Lipinski definition) is 3. The number of carbonyl (C=O) groups is 3. The molecule has 0 bridgehead atoms. The summed E-state index contributed by atoms with van der Waals surface area (Å²) in [6, 6.07) is -1.06. The van der Waals surface area contributed by atoms with Crippen LogP contribution >= 0.6 is 11.8 Å². The van der Waals surface area contributed by atoms with Crippen LogP contribution in [0.4, 0.5) is 0 Å². The lowest BCUT2D eigenvalue weighted by Gasteiger charge is -2.30. The highest BCUT2D eigenvalue weighted by Crippen LogP contribution is 2.28. The molecule has 92 valence electrons. The molecule has 4 N–H and O–H groups in total. The Labute approximate surface area is 98.0 Å². The Hall–Kier alpha value is -1.24. The first-order valence-corrected chi connectivity index (χ1v) is 5.57. The average Bonchev–Trinajstić information content (AvgIpc) is 2.10. The normalized spacial score (nSPS) is 12.9. The summed E-state index contributed by atoms with van der Waals surface area (Å²) in [5, 5.41) is 11.3. The minimum atomic E-state index is -1.14. The van der Waals surface area contributed by atoms with Gasteiger partial charge in [0.25, 0.3) is 0 Å². The van der Waals surface area contributed by atoms with Crippen molar-refractivity contribution in [1.29, 1.82) is 0 Å². The van der Waals surface area contributed by atoms with Gasteiger partial charge in [-0.25, -0.2) is 4.79 Å². The van der Waals surface area contributed by atoms with Gasteiger partial charge in [0, 0.05) is 11.7 Å². The molecule has 16 heavy (non-hydrogen) atoms. The van der Waals surface area contributed by atoms with Crippen LogP contribution < -0.4 is 11.1 Å². The number of carboxylic acid groups (broad SMARTS) is 1. The maximum Gasteiger partial charge on any atom is 0.327 e. The second-order valence-electron chi connectivity index (χ2n) is 3.83. The molecule has 0 rings (SSSR count). The van der Waals surface area contributed by atoms with Crippen molar-refractivity contribution in [3.8, 4) is 0 Å². The summed E-state index contributed by atoms with van der Waals surface area (Å²) in [6.07, 6.45) is 0. The van der Waals surface area contributed by atoms with Gasteiger partial charge in [-0.3, -0.25) is 9.59 Å². The van der Waals surface area contributed by atoms with Gasteiger partial charge in [0.1, 0.15) is 6.04 Å². The zero-order valence-corrected chi connectivity index (χ0v) is 10.3. The Morgan fingerprint density at radius 2 is 1.94 bits per heavy atom. The van der Waals surface area contributed by atoms with E-state index in [1.54, 1.807) is 13.8 Å². The summed E-state index contributed by atoms with van der Waals surface area (Å²) in [4.78, 5) is 32.5. The van der Waals surface area contributed by atoms with E-state index in [0.717, 1.165) is 11.8 Å². The first-order valence-electron chi connectivity index (χ1n) is 4.59. The number of hydrogen-bond acceptors (Lipinski definition) is 4. The number of rotatable bonds is 6. The van der Waals surface area contributed by atoms with Crippen LogP contribution in [0.5, 0.6) is 0 Å². The van der Waals surface area contributed by atoms with Gasteiger partial charge in [-0.2, -0.15) is 0 Å². The van der Waals surface area contributed by atoms with Crippen LogP contribution in [0.15, 0.2) is 0 Å². The molecule has 7 heteroatoms. The predicted molar refractivity (Wildman–Crippen MR) is 61.0 cm³/mol. The Bertz CT molecular complexity index is 304. The fourth-order valence-electron chi connectivity index (χ4n) is 1.08. The highest BCUT2D eigenvalue weighted by atomic mass is 32.2. The van der Waals surface area contributed by atoms with Gasteiger partial charge in [0.15, 0.2) is 0 Å². The fourth-order valence-corrected chi connectivity index (χ4v) is 1.92. The molecule has 0 radical (unpaired) electrons. The van der Waals surface area contributed by atoms with Crippen LogP contribution in [0, 0.1) is 0 Å². The summed E-state index contributed by atoms with van der Waals surface area (Å²) >= 11 is 1.10. The molecule has 0 aromatic rings. The molecule has 0 spiro atoms. The standard InChI is InChI=1S/C9H16N2O4S/c1-5(12)11-7(8(14)15)9(2,3)16-4-6(10)13/h7H,4H2,1-3H3,(H2,10,13)(H,11,12)(H,14,15). The molecule has 2 amide bonds. The van der Waals surface area contributed by atoms with E-state index in [1.165, 1.54) is 6.92 Å². The molecular formula is C9H16N2O4S. The van der Waals surface area contributed by atoms with Crippen molar-refractivity contribution in [3.05, 3.63) is 0 Å². The lowest BCUT2D eigenvalue weighted by molar-refractivity contribution is -0.142. The smallest absolute Gasteiger partial charge is 0.327 e. The third-order valence-electron chi connectivity index (χ3n) is 1.88. The maximum absolute atomic E-state index is 11.0. The lowest BCUT2D eigenvalue weighted by Crippen LogP contribution is -2.52. The molecular weight excluding hydrogens is 232 g/mol. The number of aliphatic carboxylic acids is 1. The van der Waals surface area contributed by atoms with Crippen LogP contribution in [0.1, 0.15) is 20.8 Å². The number of primary amides is 1. The zero-order chi connectivity index (χ0) is 12.9. The average molecular weight is 248 g/mol. The molecule has 0 aliphatic rings. The Morgan fingerprint density at radius 1 is 1.44 bits per heavy atom. The van der Waals surface area contributed by atoms with Crippen molar-refractivity contribution < 1.29 is 19.5 Å². The predicted octanol–water partition coefficient (Wildman–Crippen LogP) is -0.427. The first-order chi connectivity index (χ1) is 7.16. The van der Waals surface area contributed by atoms with Gasteiger partial charge in [-0.05, 0) is 13.8 Å². The second-order valence-corrected chi connectivity index (χ2v) is 5.46. The third kappa shape index (κ3) is 5.01. The summed E-state index contributed by atoms with van der Waals surface area (Å²) < 4.78 is -0.813. The van der Waals surface area contributed by atoms with Crippen LogP contribution in [0.25, 0.3) is 0 Å². The largest absolute Gasteiger partial charge is 0.480 e. The summed E-state index contributed by atoms with van der Waals surface area (Å²) in [7, 11) is 0. The van der Waals surface area contributed by atoms with E-state index in [4.69, 9.17) is 10.8 Å². The van der Waals surface area contributed by atoms with E-state index in [9.17, 15) is 14.4 Å². The van der Waals surface area contributed by atoms with Gasteiger partial charge < -0.3 is 16.2 Å². The van der Waals surface area contributed by atoms with E-state index in [2.05, 4.69) is 5.32 Å². The maximum atomic E-state index is 11.0. The van der Waals surface area contributed by atoms with Gasteiger partial charge in [0.2, 0.25) is 11.8 Å². The molecule has 0 aliphatic carbocycles. The molecule has 0 fully saturated rings. The highest BCUT2D eigenvalue weighted by Gasteiger charge is 2.36. The minimum Gasteiger partial charge on any atom is -0.480 e. The minimum absolute atomic E-state index is 0.0103. The van der Waals surface area contributed by atoms with Crippen LogP contribution in [0.3, 0.4) is 0 Å². The Kier molecular flexibility index (Phi) is 5.29. The van der Waals surface area contributed by atoms with E-state index < -0.39 is 28.6 Å². The lowest BCUT2D eigenvalue weighted by atomic mass is 10.0. The second kappa shape index (κ2) is 5.74. The van der Waals surface area contributed by atoms with Crippen LogP contribution in [-0.2, 0) is 14.4 Å². The molecule has 0 aromatic carbocycles. The molecule has 0 saturated heterocycles. The number of amides is 2. The van der Waals surface area contributed by atoms with E-state index in [-0.39, 0.29) is 5.75 Å².